The summed E-state index contributed by atoms with van der Waals surface area (Å²) in [7, 11) is 0. The number of allylic oxidation sites excluding steroid dienone is 6. The summed E-state index contributed by atoms with van der Waals surface area (Å²) in [6, 6.07) is 46.9. The maximum Gasteiger partial charge on any atom is 0.180 e. The van der Waals surface area contributed by atoms with Crippen molar-refractivity contribution in [1.29, 1.82) is 0 Å². The number of aliphatic imine (C=N–C) groups is 1. The van der Waals surface area contributed by atoms with Crippen LogP contribution in [0.25, 0.3) is 65.4 Å². The zero-order chi connectivity index (χ0) is 35.5. The van der Waals surface area contributed by atoms with Crippen LogP contribution in [0.1, 0.15) is 24.5 Å². The molecule has 0 saturated carbocycles. The van der Waals surface area contributed by atoms with E-state index < -0.39 is 0 Å². The molecule has 3 unspecified atom stereocenters. The summed E-state index contributed by atoms with van der Waals surface area (Å²) in [6.07, 6.45) is 12.7. The van der Waals surface area contributed by atoms with Gasteiger partial charge in [-0.2, -0.15) is 5.10 Å². The van der Waals surface area contributed by atoms with Gasteiger partial charge in [0.05, 0.1) is 5.71 Å². The molecule has 2 aliphatic carbocycles. The van der Waals surface area contributed by atoms with Crippen molar-refractivity contribution in [3.63, 3.8) is 0 Å². The lowest BCUT2D eigenvalue weighted by Crippen LogP contribution is -2.24. The highest BCUT2D eigenvalue weighted by atomic mass is 16.3. The first-order valence-electron chi connectivity index (χ1n) is 18.4. The molecule has 0 amide bonds. The molecule has 0 bridgehead atoms. The van der Waals surface area contributed by atoms with Crippen LogP contribution in [0.2, 0.25) is 0 Å². The van der Waals surface area contributed by atoms with E-state index in [-0.39, 0.29) is 0 Å². The molecule has 1 aromatic heterocycles. The minimum absolute atomic E-state index is 0.326. The number of furan rings is 1. The number of hydrazone groups is 1. The smallest absolute Gasteiger partial charge is 0.180 e. The Morgan fingerprint density at radius 1 is 0.660 bits per heavy atom. The van der Waals surface area contributed by atoms with Crippen LogP contribution >= 0.6 is 0 Å². The van der Waals surface area contributed by atoms with Crippen molar-refractivity contribution in [2.24, 2.45) is 33.7 Å². The van der Waals surface area contributed by atoms with Gasteiger partial charge in [-0.05, 0) is 85.5 Å². The number of nitrogens with two attached hydrogens (primary N) is 1. The Hall–Kier alpha value is -6.52. The maximum atomic E-state index is 6.57. The monoisotopic (exact) mass is 683 g/mol. The molecule has 254 valence electrons. The Morgan fingerprint density at radius 3 is 2.06 bits per heavy atom. The van der Waals surface area contributed by atoms with Crippen LogP contribution in [-0.4, -0.2) is 11.5 Å². The molecule has 4 heteroatoms. The SMILES string of the molecule is CC1CC=CC2C=C(C(=N/C(=N\N)c3cccc4oc5cccc(-c6ccc7c8ccccc8c8ccccc8c7c6)c5c34)c3ccccc3)C=CC21. The minimum Gasteiger partial charge on any atom is -0.456 e. The van der Waals surface area contributed by atoms with Gasteiger partial charge < -0.3 is 10.3 Å². The number of benzene rings is 7. The number of nitrogens with zero attached hydrogens (tertiary/aromatic N) is 2. The second-order valence-corrected chi connectivity index (χ2v) is 14.4. The molecular formula is C49H37N3O. The van der Waals surface area contributed by atoms with Gasteiger partial charge in [-0.25, -0.2) is 4.99 Å². The third-order valence-electron chi connectivity index (χ3n) is 11.3. The van der Waals surface area contributed by atoms with E-state index in [1.54, 1.807) is 0 Å². The standard InChI is InChI=1S/C49H37N3O/c1-30-12-9-15-32-28-34(25-26-35(30)32)48(31-13-3-2-4-14-31)51-49(52-50)42-21-11-23-45-47(42)46-36(20-10-22-44(46)53-45)33-24-27-41-39-18-6-5-16-37(39)38-17-7-8-19-40(38)43(41)29-33/h2-11,13-30,32,35H,12,50H2,1H3/b51-48?,52-49-. The zero-order valence-corrected chi connectivity index (χ0v) is 29.4. The van der Waals surface area contributed by atoms with Crippen LogP contribution in [0.15, 0.2) is 184 Å². The molecular weight excluding hydrogens is 647 g/mol. The van der Waals surface area contributed by atoms with E-state index in [0.717, 1.165) is 61.9 Å². The molecule has 8 aromatic rings. The summed E-state index contributed by atoms with van der Waals surface area (Å²) < 4.78 is 6.57. The van der Waals surface area contributed by atoms with Crippen molar-refractivity contribution in [2.45, 2.75) is 13.3 Å². The van der Waals surface area contributed by atoms with Gasteiger partial charge in [-0.15, -0.1) is 0 Å². The van der Waals surface area contributed by atoms with Gasteiger partial charge in [0.15, 0.2) is 5.84 Å². The lowest BCUT2D eigenvalue weighted by Gasteiger charge is -2.32. The van der Waals surface area contributed by atoms with Crippen LogP contribution in [0.4, 0.5) is 0 Å². The van der Waals surface area contributed by atoms with Crippen LogP contribution in [0, 0.1) is 17.8 Å². The van der Waals surface area contributed by atoms with Crippen LogP contribution in [0.5, 0.6) is 0 Å². The fourth-order valence-corrected chi connectivity index (χ4v) is 8.76. The molecule has 0 spiro atoms. The number of rotatable bonds is 4. The summed E-state index contributed by atoms with van der Waals surface area (Å²) in [5, 5.41) is 13.8. The fraction of sp³-hybridized carbons (Fsp3) is 0.102. The van der Waals surface area contributed by atoms with Gasteiger partial charge in [0, 0.05) is 27.8 Å². The summed E-state index contributed by atoms with van der Waals surface area (Å²) >= 11 is 0. The van der Waals surface area contributed by atoms with E-state index in [4.69, 9.17) is 15.3 Å². The molecule has 53 heavy (non-hydrogen) atoms. The van der Waals surface area contributed by atoms with E-state index in [9.17, 15) is 0 Å². The van der Waals surface area contributed by atoms with Gasteiger partial charge in [0.1, 0.15) is 11.2 Å². The quantitative estimate of drug-likeness (QED) is 0.0501. The molecule has 2 N–H and O–H groups in total. The van der Waals surface area contributed by atoms with Crippen LogP contribution in [-0.2, 0) is 0 Å². The van der Waals surface area contributed by atoms with E-state index >= 15 is 0 Å². The summed E-state index contributed by atoms with van der Waals surface area (Å²) in [4.78, 5) is 5.31. The molecule has 3 atom stereocenters. The first kappa shape index (κ1) is 31.2. The van der Waals surface area contributed by atoms with E-state index in [1.807, 2.05) is 24.3 Å². The van der Waals surface area contributed by atoms with Crippen molar-refractivity contribution in [1.82, 2.24) is 0 Å². The van der Waals surface area contributed by atoms with E-state index in [0.29, 0.717) is 23.6 Å². The Labute approximate surface area is 308 Å². The van der Waals surface area contributed by atoms with Crippen molar-refractivity contribution >= 4 is 65.8 Å². The highest BCUT2D eigenvalue weighted by Crippen LogP contribution is 2.42. The zero-order valence-electron chi connectivity index (χ0n) is 29.4. The van der Waals surface area contributed by atoms with Crippen molar-refractivity contribution < 1.29 is 4.42 Å². The fourth-order valence-electron chi connectivity index (χ4n) is 8.76. The van der Waals surface area contributed by atoms with Crippen molar-refractivity contribution in [3.8, 4) is 11.1 Å². The van der Waals surface area contributed by atoms with Crippen LogP contribution in [0.3, 0.4) is 0 Å². The second-order valence-electron chi connectivity index (χ2n) is 14.4. The molecule has 4 nitrogen and oxygen atoms in total. The average molecular weight is 684 g/mol. The van der Waals surface area contributed by atoms with E-state index in [2.05, 4.69) is 152 Å². The minimum atomic E-state index is 0.326. The largest absolute Gasteiger partial charge is 0.456 e. The lowest BCUT2D eigenvalue weighted by molar-refractivity contribution is 0.362. The molecule has 0 radical (unpaired) electrons. The second kappa shape index (κ2) is 12.6. The summed E-state index contributed by atoms with van der Waals surface area (Å²) in [6.45, 7) is 2.34. The molecule has 0 fully saturated rings. The Morgan fingerprint density at radius 2 is 1.32 bits per heavy atom. The Balaban J connectivity index is 1.17. The number of fused-ring (bicyclic) bond motifs is 10. The Kier molecular flexibility index (Phi) is 7.43. The first-order valence-corrected chi connectivity index (χ1v) is 18.4. The highest BCUT2D eigenvalue weighted by molar-refractivity contribution is 6.28. The summed E-state index contributed by atoms with van der Waals surface area (Å²) in [5.74, 6) is 8.16. The normalized spacial score (nSPS) is 19.0. The van der Waals surface area contributed by atoms with Crippen molar-refractivity contribution in [2.75, 3.05) is 0 Å². The maximum absolute atomic E-state index is 6.57. The predicted octanol–water partition coefficient (Wildman–Crippen LogP) is 12.1. The van der Waals surface area contributed by atoms with Gasteiger partial charge in [-0.3, -0.25) is 0 Å². The predicted molar refractivity (Wildman–Crippen MR) is 223 cm³/mol. The molecule has 7 aromatic carbocycles. The molecule has 0 aliphatic heterocycles. The third-order valence-corrected chi connectivity index (χ3v) is 11.3. The van der Waals surface area contributed by atoms with Crippen LogP contribution < -0.4 is 5.84 Å². The lowest BCUT2D eigenvalue weighted by atomic mass is 9.73. The Bertz CT molecular complexity index is 2870. The number of amidine groups is 1. The van der Waals surface area contributed by atoms with Gasteiger partial charge >= 0.3 is 0 Å². The van der Waals surface area contributed by atoms with Crippen molar-refractivity contribution in [3.05, 3.63) is 181 Å². The number of hydrogen-bond acceptors (Lipinski definition) is 3. The molecule has 0 saturated heterocycles. The topological polar surface area (TPSA) is 63.9 Å². The molecule has 2 aliphatic rings. The molecule has 10 rings (SSSR count). The van der Waals surface area contributed by atoms with Gasteiger partial charge in [0.2, 0.25) is 0 Å². The van der Waals surface area contributed by atoms with E-state index in [1.165, 1.54) is 32.3 Å². The average Bonchev–Trinajstić information content (AvgIpc) is 3.61. The highest BCUT2D eigenvalue weighted by Gasteiger charge is 2.28. The first-order chi connectivity index (χ1) is 26.2. The number of hydrogen-bond donors (Lipinski definition) is 1. The summed E-state index contributed by atoms with van der Waals surface area (Å²) in [5.41, 5.74) is 7.51. The van der Waals surface area contributed by atoms with Gasteiger partial charge in [0.25, 0.3) is 0 Å². The molecule has 1 heterocycles. The van der Waals surface area contributed by atoms with Gasteiger partial charge in [-0.1, -0.05) is 153 Å². The third kappa shape index (κ3) is 5.13.